The first-order valence-corrected chi connectivity index (χ1v) is 8.01. The van der Waals surface area contributed by atoms with Gasteiger partial charge in [-0.15, -0.1) is 0 Å². The molecular formula is C17H24N2O7. The maximum absolute atomic E-state index is 12.1. The molecule has 9 nitrogen and oxygen atoms in total. The van der Waals surface area contributed by atoms with Crippen LogP contribution in [0.3, 0.4) is 0 Å². The molecule has 0 saturated carbocycles. The first kappa shape index (κ1) is 21.1. The minimum absolute atomic E-state index is 0.111. The fourth-order valence-corrected chi connectivity index (χ4v) is 2.00. The van der Waals surface area contributed by atoms with Crippen LogP contribution < -0.4 is 24.8 Å². The average molecular weight is 368 g/mol. The van der Waals surface area contributed by atoms with E-state index in [1.54, 1.807) is 0 Å². The van der Waals surface area contributed by atoms with Crippen molar-refractivity contribution in [1.82, 2.24) is 10.6 Å². The van der Waals surface area contributed by atoms with E-state index in [1.807, 2.05) is 6.92 Å². The zero-order valence-electron chi connectivity index (χ0n) is 15.3. The van der Waals surface area contributed by atoms with Crippen LogP contribution in [-0.4, -0.2) is 52.4 Å². The van der Waals surface area contributed by atoms with Gasteiger partial charge in [0.25, 0.3) is 5.91 Å². The fraction of sp³-hybridized carbons (Fsp3) is 0.471. The van der Waals surface area contributed by atoms with Gasteiger partial charge in [-0.05, 0) is 18.6 Å². The predicted molar refractivity (Wildman–Crippen MR) is 92.8 cm³/mol. The van der Waals surface area contributed by atoms with Gasteiger partial charge in [0.1, 0.15) is 0 Å². The Morgan fingerprint density at radius 3 is 2.12 bits per heavy atom. The minimum Gasteiger partial charge on any atom is -0.493 e. The molecule has 144 valence electrons. The van der Waals surface area contributed by atoms with Crippen molar-refractivity contribution in [3.63, 3.8) is 0 Å². The number of ether oxygens (including phenoxy) is 4. The topological polar surface area (TPSA) is 112 Å². The second kappa shape index (κ2) is 10.8. The monoisotopic (exact) mass is 368 g/mol. The van der Waals surface area contributed by atoms with Gasteiger partial charge in [-0.2, -0.15) is 0 Å². The molecule has 0 bridgehead atoms. The van der Waals surface area contributed by atoms with Crippen molar-refractivity contribution in [3.05, 3.63) is 17.7 Å². The van der Waals surface area contributed by atoms with E-state index in [0.29, 0.717) is 12.3 Å². The van der Waals surface area contributed by atoms with Gasteiger partial charge in [0.15, 0.2) is 18.1 Å². The van der Waals surface area contributed by atoms with Crippen LogP contribution in [0.25, 0.3) is 0 Å². The van der Waals surface area contributed by atoms with Gasteiger partial charge in [-0.25, -0.2) is 9.59 Å². The number of nitrogens with one attached hydrogen (secondary N) is 2. The van der Waals surface area contributed by atoms with E-state index in [2.05, 4.69) is 10.6 Å². The summed E-state index contributed by atoms with van der Waals surface area (Å²) in [6.07, 6.45) is 1.72. The number of carbonyl (C=O) groups excluding carboxylic acids is 3. The first-order chi connectivity index (χ1) is 12.5. The molecule has 0 saturated heterocycles. The lowest BCUT2D eigenvalue weighted by atomic mass is 10.2. The number of hydrogen-bond donors (Lipinski definition) is 2. The molecule has 0 unspecified atom stereocenters. The molecule has 0 radical (unpaired) electrons. The maximum atomic E-state index is 12.1. The minimum atomic E-state index is -0.772. The Morgan fingerprint density at radius 2 is 1.62 bits per heavy atom. The number of rotatable bonds is 9. The average Bonchev–Trinajstić information content (AvgIpc) is 2.64. The number of methoxy groups -OCH3 is 3. The van der Waals surface area contributed by atoms with Crippen LogP contribution >= 0.6 is 0 Å². The summed E-state index contributed by atoms with van der Waals surface area (Å²) >= 11 is 0. The molecule has 9 heteroatoms. The third-order valence-corrected chi connectivity index (χ3v) is 3.30. The molecule has 1 aromatic carbocycles. The van der Waals surface area contributed by atoms with Crippen LogP contribution in [0, 0.1) is 0 Å². The lowest BCUT2D eigenvalue weighted by molar-refractivity contribution is -0.123. The summed E-state index contributed by atoms with van der Waals surface area (Å²) in [6.45, 7) is 1.84. The van der Waals surface area contributed by atoms with Crippen LogP contribution in [0.1, 0.15) is 30.1 Å². The van der Waals surface area contributed by atoms with Gasteiger partial charge in [-0.1, -0.05) is 13.3 Å². The largest absolute Gasteiger partial charge is 0.493 e. The molecule has 0 heterocycles. The molecule has 0 aromatic heterocycles. The Morgan fingerprint density at radius 1 is 1.00 bits per heavy atom. The third-order valence-electron chi connectivity index (χ3n) is 3.30. The van der Waals surface area contributed by atoms with Gasteiger partial charge in [-0.3, -0.25) is 10.1 Å². The van der Waals surface area contributed by atoms with E-state index in [1.165, 1.54) is 33.5 Å². The molecule has 0 aliphatic rings. The summed E-state index contributed by atoms with van der Waals surface area (Å²) in [7, 11) is 4.27. The number of hydrogen-bond acceptors (Lipinski definition) is 7. The molecule has 0 aliphatic carbocycles. The van der Waals surface area contributed by atoms with Gasteiger partial charge >= 0.3 is 12.0 Å². The summed E-state index contributed by atoms with van der Waals surface area (Å²) < 4.78 is 20.4. The molecule has 0 fully saturated rings. The molecule has 1 aromatic rings. The van der Waals surface area contributed by atoms with Crippen molar-refractivity contribution in [1.29, 1.82) is 0 Å². The normalized spacial score (nSPS) is 9.85. The van der Waals surface area contributed by atoms with Crippen LogP contribution in [0.2, 0.25) is 0 Å². The lowest BCUT2D eigenvalue weighted by Crippen LogP contribution is -2.41. The molecule has 2 N–H and O–H groups in total. The Balaban J connectivity index is 2.65. The molecule has 1 rings (SSSR count). The van der Waals surface area contributed by atoms with Gasteiger partial charge < -0.3 is 24.3 Å². The zero-order valence-corrected chi connectivity index (χ0v) is 15.3. The Bertz CT molecular complexity index is 621. The van der Waals surface area contributed by atoms with Gasteiger partial charge in [0.2, 0.25) is 5.75 Å². The van der Waals surface area contributed by atoms with E-state index in [0.717, 1.165) is 12.8 Å². The second-order valence-electron chi connectivity index (χ2n) is 5.15. The van der Waals surface area contributed by atoms with Crippen molar-refractivity contribution < 1.29 is 33.3 Å². The summed E-state index contributed by atoms with van der Waals surface area (Å²) in [5.41, 5.74) is 0.111. The standard InChI is InChI=1S/C17H24N2O7/c1-5-6-7-18-17(22)19-14(20)10-26-16(21)11-8-12(23-2)15(25-4)13(9-11)24-3/h8-9H,5-7,10H2,1-4H3,(H2,18,19,20,22). The number of amides is 3. The van der Waals surface area contributed by atoms with Crippen molar-refractivity contribution in [2.45, 2.75) is 19.8 Å². The second-order valence-corrected chi connectivity index (χ2v) is 5.15. The zero-order chi connectivity index (χ0) is 19.5. The van der Waals surface area contributed by atoms with Crippen molar-refractivity contribution in [2.75, 3.05) is 34.5 Å². The van der Waals surface area contributed by atoms with Gasteiger partial charge in [0.05, 0.1) is 26.9 Å². The number of urea groups is 1. The fourth-order valence-electron chi connectivity index (χ4n) is 2.00. The van der Waals surface area contributed by atoms with Crippen molar-refractivity contribution in [2.24, 2.45) is 0 Å². The van der Waals surface area contributed by atoms with Crippen LogP contribution in [0.5, 0.6) is 17.2 Å². The Kier molecular flexibility index (Phi) is 8.76. The van der Waals surface area contributed by atoms with E-state index in [4.69, 9.17) is 18.9 Å². The Hall–Kier alpha value is -2.97. The summed E-state index contributed by atoms with van der Waals surface area (Å²) in [6, 6.07) is 2.17. The lowest BCUT2D eigenvalue weighted by Gasteiger charge is -2.13. The highest BCUT2D eigenvalue weighted by Gasteiger charge is 2.19. The molecular weight excluding hydrogens is 344 g/mol. The van der Waals surface area contributed by atoms with E-state index < -0.39 is 24.5 Å². The SMILES string of the molecule is CCCCNC(=O)NC(=O)COC(=O)c1cc(OC)c(OC)c(OC)c1. The highest BCUT2D eigenvalue weighted by molar-refractivity contribution is 5.97. The number of carbonyl (C=O) groups is 3. The maximum Gasteiger partial charge on any atom is 0.338 e. The quantitative estimate of drug-likeness (QED) is 0.502. The molecule has 0 atom stereocenters. The summed E-state index contributed by atoms with van der Waals surface area (Å²) in [5.74, 6) is -0.629. The predicted octanol–water partition coefficient (Wildman–Crippen LogP) is 1.50. The smallest absolute Gasteiger partial charge is 0.338 e. The highest BCUT2D eigenvalue weighted by Crippen LogP contribution is 2.38. The highest BCUT2D eigenvalue weighted by atomic mass is 16.5. The van der Waals surface area contributed by atoms with E-state index in [9.17, 15) is 14.4 Å². The first-order valence-electron chi connectivity index (χ1n) is 8.01. The third kappa shape index (κ3) is 6.15. The van der Waals surface area contributed by atoms with Crippen LogP contribution in [0.4, 0.5) is 4.79 Å². The van der Waals surface area contributed by atoms with E-state index in [-0.39, 0.29) is 17.1 Å². The van der Waals surface area contributed by atoms with Gasteiger partial charge in [0, 0.05) is 6.54 Å². The number of benzene rings is 1. The van der Waals surface area contributed by atoms with E-state index >= 15 is 0 Å². The number of imide groups is 1. The number of unbranched alkanes of at least 4 members (excludes halogenated alkanes) is 1. The Labute approximate surface area is 151 Å². The molecule has 3 amide bonds. The molecule has 0 spiro atoms. The van der Waals surface area contributed by atoms with Crippen LogP contribution in [-0.2, 0) is 9.53 Å². The van der Waals surface area contributed by atoms with Crippen molar-refractivity contribution >= 4 is 17.9 Å². The summed E-state index contributed by atoms with van der Waals surface area (Å²) in [4.78, 5) is 35.2. The molecule has 0 aliphatic heterocycles. The molecule has 26 heavy (non-hydrogen) atoms. The summed E-state index contributed by atoms with van der Waals surface area (Å²) in [5, 5.41) is 4.59. The van der Waals surface area contributed by atoms with Crippen molar-refractivity contribution in [3.8, 4) is 17.2 Å². The number of esters is 1. The van der Waals surface area contributed by atoms with Crippen LogP contribution in [0.15, 0.2) is 12.1 Å².